The van der Waals surface area contributed by atoms with Crippen molar-refractivity contribution in [3.63, 3.8) is 0 Å². The first-order chi connectivity index (χ1) is 18.6. The van der Waals surface area contributed by atoms with Crippen LogP contribution in [0.2, 0.25) is 0 Å². The highest BCUT2D eigenvalue weighted by Gasteiger charge is 2.38. The highest BCUT2D eigenvalue weighted by Crippen LogP contribution is 2.44. The lowest BCUT2D eigenvalue weighted by Crippen LogP contribution is -2.48. The van der Waals surface area contributed by atoms with Crippen molar-refractivity contribution in [2.75, 3.05) is 37.6 Å². The number of aliphatic hydroxyl groups is 1. The van der Waals surface area contributed by atoms with Crippen LogP contribution < -0.4 is 9.64 Å². The maximum Gasteiger partial charge on any atom is 0.469 e. The predicted octanol–water partition coefficient (Wildman–Crippen LogP) is 1.55. The first-order valence-electron chi connectivity index (χ1n) is 13.4. The third-order valence-electron chi connectivity index (χ3n) is 7.84. The number of anilines is 1. The fraction of sp³-hybridized carbons (Fsp3) is 0.577. The van der Waals surface area contributed by atoms with E-state index in [-0.39, 0.29) is 60.7 Å². The van der Waals surface area contributed by atoms with Crippen molar-refractivity contribution in [1.82, 2.24) is 9.47 Å². The zero-order valence-electron chi connectivity index (χ0n) is 21.7. The van der Waals surface area contributed by atoms with Crippen LogP contribution >= 0.6 is 7.82 Å². The number of rotatable bonds is 9. The van der Waals surface area contributed by atoms with Gasteiger partial charge in [0.05, 0.1) is 37.1 Å². The molecule has 0 bridgehead atoms. The van der Waals surface area contributed by atoms with Gasteiger partial charge in [0.1, 0.15) is 5.75 Å². The molecule has 5 rings (SSSR count). The van der Waals surface area contributed by atoms with Gasteiger partial charge in [0, 0.05) is 50.1 Å². The Bertz CT molecular complexity index is 1230. The number of Topliss-reactive ketones (excluding diaryl/α,β-unsaturated/α-hetero) is 1. The van der Waals surface area contributed by atoms with Gasteiger partial charge in [-0.15, -0.1) is 0 Å². The van der Waals surface area contributed by atoms with Crippen molar-refractivity contribution in [3.8, 4) is 17.5 Å². The molecule has 13 heteroatoms. The van der Waals surface area contributed by atoms with E-state index in [0.29, 0.717) is 13.1 Å². The number of ether oxygens (including phenoxy) is 1. The van der Waals surface area contributed by atoms with Gasteiger partial charge < -0.3 is 34.7 Å². The van der Waals surface area contributed by atoms with Gasteiger partial charge in [0.2, 0.25) is 0 Å². The lowest BCUT2D eigenvalue weighted by molar-refractivity contribution is -0.121. The summed E-state index contributed by atoms with van der Waals surface area (Å²) in [5.74, 6) is -0.0242. The summed E-state index contributed by atoms with van der Waals surface area (Å²) in [5.41, 5.74) is 1.51. The maximum atomic E-state index is 12.9. The minimum absolute atomic E-state index is 0.141. The number of piperazine rings is 1. The Kier molecular flexibility index (Phi) is 8.23. The van der Waals surface area contributed by atoms with Crippen LogP contribution in [0.15, 0.2) is 24.3 Å². The number of benzene rings is 1. The van der Waals surface area contributed by atoms with Gasteiger partial charge >= 0.3 is 7.82 Å². The molecule has 0 amide bonds. The molecule has 1 saturated carbocycles. The minimum Gasteiger partial charge on any atom is -0.494 e. The quantitative estimate of drug-likeness (QED) is 0.280. The maximum absolute atomic E-state index is 12.9. The Balaban J connectivity index is 1.17. The van der Waals surface area contributed by atoms with Gasteiger partial charge in [-0.2, -0.15) is 0 Å². The summed E-state index contributed by atoms with van der Waals surface area (Å²) in [5, 5.41) is 31.6. The molecule has 2 atom stereocenters. The van der Waals surface area contributed by atoms with E-state index in [4.69, 9.17) is 14.5 Å². The highest BCUT2D eigenvalue weighted by atomic mass is 31.2. The summed E-state index contributed by atoms with van der Waals surface area (Å²) in [4.78, 5) is 35.4. The first-order valence-corrected chi connectivity index (χ1v) is 14.9. The number of phosphoric acid groups is 1. The zero-order valence-corrected chi connectivity index (χ0v) is 22.6. The van der Waals surface area contributed by atoms with Crippen LogP contribution in [0.5, 0.6) is 17.5 Å². The lowest BCUT2D eigenvalue weighted by atomic mass is 9.90. The molecule has 214 valence electrons. The molecule has 2 heterocycles. The van der Waals surface area contributed by atoms with E-state index in [0.717, 1.165) is 41.9 Å². The number of para-hydroxylation sites is 2. The SMILES string of the molecule is O=C(CN1CCN(c2ccccc2OC2CCCC2)CC1)Cn1c(O)c2c(c1O)CC(OP(=O)(O)O)C(O)C2. The van der Waals surface area contributed by atoms with Crippen LogP contribution in [0.1, 0.15) is 36.8 Å². The minimum atomic E-state index is -4.86. The normalized spacial score (nSPS) is 22.7. The smallest absolute Gasteiger partial charge is 0.469 e. The van der Waals surface area contributed by atoms with Gasteiger partial charge in [-0.05, 0) is 37.8 Å². The van der Waals surface area contributed by atoms with Crippen LogP contribution in [0.25, 0.3) is 0 Å². The summed E-state index contributed by atoms with van der Waals surface area (Å²) >= 11 is 0. The van der Waals surface area contributed by atoms with Crippen molar-refractivity contribution >= 4 is 19.3 Å². The Hall–Kier alpha value is -2.60. The predicted molar refractivity (Wildman–Crippen MR) is 141 cm³/mol. The molecule has 0 radical (unpaired) electrons. The molecule has 1 aromatic carbocycles. The summed E-state index contributed by atoms with van der Waals surface area (Å²) in [6, 6.07) is 8.07. The molecule has 0 spiro atoms. The number of carbonyl (C=O) groups excluding carboxylic acids is 1. The molecular formula is C26H36N3O9P. The fourth-order valence-corrected chi connectivity index (χ4v) is 6.43. The van der Waals surface area contributed by atoms with E-state index in [2.05, 4.69) is 15.5 Å². The van der Waals surface area contributed by atoms with Crippen LogP contribution in [-0.2, 0) is 33.3 Å². The third kappa shape index (κ3) is 6.42. The number of carbonyl (C=O) groups is 1. The Labute approximate surface area is 226 Å². The van der Waals surface area contributed by atoms with Crippen molar-refractivity contribution in [2.45, 2.75) is 63.4 Å². The molecule has 1 aromatic heterocycles. The second-order valence-electron chi connectivity index (χ2n) is 10.6. The molecule has 1 saturated heterocycles. The van der Waals surface area contributed by atoms with E-state index in [1.54, 1.807) is 0 Å². The molecule has 3 aliphatic rings. The average molecular weight is 566 g/mol. The highest BCUT2D eigenvalue weighted by molar-refractivity contribution is 7.46. The number of ketones is 1. The number of aromatic nitrogens is 1. The molecule has 2 fully saturated rings. The Morgan fingerprint density at radius 2 is 1.59 bits per heavy atom. The summed E-state index contributed by atoms with van der Waals surface area (Å²) in [7, 11) is -4.86. The van der Waals surface area contributed by atoms with Crippen LogP contribution in [0.3, 0.4) is 0 Å². The molecule has 2 unspecified atom stereocenters. The molecule has 2 aromatic rings. The lowest BCUT2D eigenvalue weighted by Gasteiger charge is -2.36. The van der Waals surface area contributed by atoms with Crippen molar-refractivity contribution in [2.24, 2.45) is 0 Å². The van der Waals surface area contributed by atoms with E-state index in [9.17, 15) is 24.7 Å². The molecule has 12 nitrogen and oxygen atoms in total. The van der Waals surface area contributed by atoms with Gasteiger partial charge in [0.25, 0.3) is 0 Å². The number of aliphatic hydroxyl groups excluding tert-OH is 1. The molecule has 5 N–H and O–H groups in total. The third-order valence-corrected chi connectivity index (χ3v) is 8.39. The van der Waals surface area contributed by atoms with Crippen LogP contribution in [0.4, 0.5) is 5.69 Å². The average Bonchev–Trinajstić information content (AvgIpc) is 3.47. The second kappa shape index (κ2) is 11.5. The number of nitrogens with zero attached hydrogens (tertiary/aromatic N) is 3. The molecule has 39 heavy (non-hydrogen) atoms. The number of hydrogen-bond donors (Lipinski definition) is 5. The largest absolute Gasteiger partial charge is 0.494 e. The standard InChI is InChI=1S/C26H36N3O9P/c30-17(16-29-25(32)19-13-22(31)24(38-39(34,35)36)14-20(19)26(29)33)15-27-9-11-28(12-10-27)21-7-3-4-8-23(21)37-18-5-1-2-6-18/h3-4,7-8,18,22,24,31-33H,1-2,5-6,9-16H2,(H2,34,35,36). The molecule has 1 aliphatic heterocycles. The van der Waals surface area contributed by atoms with E-state index >= 15 is 0 Å². The first kappa shape index (κ1) is 27.9. The van der Waals surface area contributed by atoms with Crippen molar-refractivity contribution < 1.29 is 43.7 Å². The Morgan fingerprint density at radius 1 is 0.949 bits per heavy atom. The van der Waals surface area contributed by atoms with E-state index in [1.807, 2.05) is 23.1 Å². The second-order valence-corrected chi connectivity index (χ2v) is 11.8. The summed E-state index contributed by atoms with van der Waals surface area (Å²) < 4.78 is 23.2. The fourth-order valence-electron chi connectivity index (χ4n) is 5.86. The van der Waals surface area contributed by atoms with Gasteiger partial charge in [-0.25, -0.2) is 4.57 Å². The van der Waals surface area contributed by atoms with Crippen molar-refractivity contribution in [3.05, 3.63) is 35.4 Å². The van der Waals surface area contributed by atoms with E-state index < -0.39 is 20.0 Å². The number of fused-ring (bicyclic) bond motifs is 1. The van der Waals surface area contributed by atoms with Gasteiger partial charge in [0.15, 0.2) is 17.5 Å². The summed E-state index contributed by atoms with van der Waals surface area (Å²) in [6.07, 6.45) is 1.93. The number of aromatic hydroxyl groups is 2. The monoisotopic (exact) mass is 565 g/mol. The van der Waals surface area contributed by atoms with E-state index in [1.165, 1.54) is 12.8 Å². The molecule has 2 aliphatic carbocycles. The van der Waals surface area contributed by atoms with Crippen molar-refractivity contribution in [1.29, 1.82) is 0 Å². The van der Waals surface area contributed by atoms with Crippen LogP contribution in [0, 0.1) is 0 Å². The Morgan fingerprint density at radius 3 is 2.26 bits per heavy atom. The van der Waals surface area contributed by atoms with Crippen LogP contribution in [-0.4, -0.2) is 91.4 Å². The number of hydrogen-bond acceptors (Lipinski definition) is 9. The summed E-state index contributed by atoms with van der Waals surface area (Å²) in [6.45, 7) is 2.65. The van der Waals surface area contributed by atoms with Gasteiger partial charge in [-0.1, -0.05) is 12.1 Å². The zero-order chi connectivity index (χ0) is 27.7. The number of phosphoric ester groups is 1. The molecular weight excluding hydrogens is 529 g/mol. The van der Waals surface area contributed by atoms with Gasteiger partial charge in [-0.3, -0.25) is 18.8 Å². The topological polar surface area (TPSA) is 165 Å².